The second-order valence-corrected chi connectivity index (χ2v) is 4.92. The molecule has 1 N–H and O–H groups in total. The lowest BCUT2D eigenvalue weighted by Crippen LogP contribution is -2.07. The van der Waals surface area contributed by atoms with Crippen LogP contribution in [0.25, 0.3) is 0 Å². The average Bonchev–Trinajstić information content (AvgIpc) is 2.23. The molecule has 0 amide bonds. The summed E-state index contributed by atoms with van der Waals surface area (Å²) in [5.41, 5.74) is 3.77. The van der Waals surface area contributed by atoms with Crippen LogP contribution in [0.3, 0.4) is 0 Å². The van der Waals surface area contributed by atoms with Crippen molar-refractivity contribution in [1.29, 1.82) is 0 Å². The molecule has 16 heavy (non-hydrogen) atoms. The molecule has 1 aromatic carbocycles. The molecule has 0 aliphatic carbocycles. The number of benzene rings is 1. The minimum atomic E-state index is 0.786. The Kier molecular flexibility index (Phi) is 5.71. The molecule has 0 aliphatic rings. The van der Waals surface area contributed by atoms with Crippen molar-refractivity contribution < 1.29 is 4.74 Å². The van der Waals surface area contributed by atoms with Gasteiger partial charge in [0.1, 0.15) is 5.75 Å². The summed E-state index contributed by atoms with van der Waals surface area (Å²) in [4.78, 5) is 0. The first-order valence-electron chi connectivity index (χ1n) is 5.55. The highest BCUT2D eigenvalue weighted by atomic mass is 32.2. The fourth-order valence-corrected chi connectivity index (χ4v) is 2.05. The third kappa shape index (κ3) is 3.72. The van der Waals surface area contributed by atoms with Gasteiger partial charge in [0.25, 0.3) is 0 Å². The summed E-state index contributed by atoms with van der Waals surface area (Å²) in [5.74, 6) is 2.09. The maximum absolute atomic E-state index is 5.80. The van der Waals surface area contributed by atoms with Crippen LogP contribution >= 0.6 is 11.8 Å². The Bertz CT molecular complexity index is 316. The molecule has 0 spiro atoms. The molecule has 90 valence electrons. The molecule has 0 bridgehead atoms. The molecule has 0 radical (unpaired) electrons. The number of nitrogens with one attached hydrogen (secondary N) is 1. The molecule has 0 aliphatic heterocycles. The summed E-state index contributed by atoms with van der Waals surface area (Å²) < 4.78 is 5.80. The quantitative estimate of drug-likeness (QED) is 0.771. The first kappa shape index (κ1) is 13.4. The molecule has 3 heteroatoms. The lowest BCUT2D eigenvalue weighted by Gasteiger charge is -2.13. The Morgan fingerprint density at radius 1 is 1.25 bits per heavy atom. The van der Waals surface area contributed by atoms with Gasteiger partial charge in [0, 0.05) is 12.3 Å². The average molecular weight is 239 g/mol. The maximum atomic E-state index is 5.80. The van der Waals surface area contributed by atoms with Gasteiger partial charge in [0.2, 0.25) is 0 Å². The zero-order valence-electron chi connectivity index (χ0n) is 10.6. The maximum Gasteiger partial charge on any atom is 0.125 e. The van der Waals surface area contributed by atoms with Crippen molar-refractivity contribution in [3.05, 3.63) is 28.8 Å². The van der Waals surface area contributed by atoms with Crippen LogP contribution in [-0.2, 0) is 6.54 Å². The summed E-state index contributed by atoms with van der Waals surface area (Å²) >= 11 is 1.81. The summed E-state index contributed by atoms with van der Waals surface area (Å²) in [6.45, 7) is 5.92. The van der Waals surface area contributed by atoms with E-state index in [1.165, 1.54) is 16.7 Å². The SMILES string of the molecule is CNCc1cc(C)c(OCCSC)c(C)c1. The lowest BCUT2D eigenvalue weighted by molar-refractivity contribution is 0.339. The molecule has 1 aromatic rings. The Morgan fingerprint density at radius 3 is 2.38 bits per heavy atom. The van der Waals surface area contributed by atoms with Gasteiger partial charge in [-0.05, 0) is 43.8 Å². The lowest BCUT2D eigenvalue weighted by atomic mass is 10.1. The van der Waals surface area contributed by atoms with E-state index in [-0.39, 0.29) is 0 Å². The molecule has 0 saturated heterocycles. The highest BCUT2D eigenvalue weighted by Crippen LogP contribution is 2.24. The topological polar surface area (TPSA) is 21.3 Å². The van der Waals surface area contributed by atoms with E-state index in [0.29, 0.717) is 0 Å². The van der Waals surface area contributed by atoms with E-state index in [1.807, 2.05) is 18.8 Å². The van der Waals surface area contributed by atoms with Crippen LogP contribution in [-0.4, -0.2) is 25.7 Å². The minimum Gasteiger partial charge on any atom is -0.492 e. The predicted octanol–water partition coefficient (Wildman–Crippen LogP) is 2.76. The van der Waals surface area contributed by atoms with Crippen LogP contribution in [0, 0.1) is 13.8 Å². The van der Waals surface area contributed by atoms with E-state index in [0.717, 1.165) is 24.7 Å². The van der Waals surface area contributed by atoms with Crippen LogP contribution in [0.15, 0.2) is 12.1 Å². The van der Waals surface area contributed by atoms with Crippen LogP contribution in [0.2, 0.25) is 0 Å². The summed E-state index contributed by atoms with van der Waals surface area (Å²) in [6, 6.07) is 4.38. The Labute approximate surface area is 103 Å². The molecule has 0 saturated carbocycles. The Balaban J connectivity index is 2.77. The van der Waals surface area contributed by atoms with E-state index in [1.54, 1.807) is 0 Å². The van der Waals surface area contributed by atoms with E-state index >= 15 is 0 Å². The van der Waals surface area contributed by atoms with Crippen LogP contribution in [0.5, 0.6) is 5.75 Å². The van der Waals surface area contributed by atoms with Crippen molar-refractivity contribution in [3.63, 3.8) is 0 Å². The zero-order valence-corrected chi connectivity index (χ0v) is 11.4. The fraction of sp³-hybridized carbons (Fsp3) is 0.538. The van der Waals surface area contributed by atoms with Gasteiger partial charge in [-0.2, -0.15) is 11.8 Å². The first-order chi connectivity index (χ1) is 7.69. The van der Waals surface area contributed by atoms with Crippen LogP contribution in [0.1, 0.15) is 16.7 Å². The monoisotopic (exact) mass is 239 g/mol. The second-order valence-electron chi connectivity index (χ2n) is 3.93. The predicted molar refractivity (Wildman–Crippen MR) is 72.6 cm³/mol. The van der Waals surface area contributed by atoms with Gasteiger partial charge in [0.15, 0.2) is 0 Å². The summed E-state index contributed by atoms with van der Waals surface area (Å²) in [7, 11) is 1.97. The van der Waals surface area contributed by atoms with Crippen molar-refractivity contribution in [2.24, 2.45) is 0 Å². The number of hydrogen-bond donors (Lipinski definition) is 1. The van der Waals surface area contributed by atoms with Crippen LogP contribution in [0.4, 0.5) is 0 Å². The molecular weight excluding hydrogens is 218 g/mol. The van der Waals surface area contributed by atoms with Crippen molar-refractivity contribution in [3.8, 4) is 5.75 Å². The van der Waals surface area contributed by atoms with E-state index in [2.05, 4.69) is 37.6 Å². The molecule has 2 nitrogen and oxygen atoms in total. The number of thioether (sulfide) groups is 1. The molecule has 0 atom stereocenters. The Morgan fingerprint density at radius 2 is 1.88 bits per heavy atom. The molecule has 0 aromatic heterocycles. The van der Waals surface area contributed by atoms with Crippen molar-refractivity contribution >= 4 is 11.8 Å². The summed E-state index contributed by atoms with van der Waals surface area (Å²) in [5, 5.41) is 3.17. The van der Waals surface area contributed by atoms with Gasteiger partial charge in [-0.25, -0.2) is 0 Å². The Hall–Kier alpha value is -0.670. The van der Waals surface area contributed by atoms with Gasteiger partial charge < -0.3 is 10.1 Å². The largest absolute Gasteiger partial charge is 0.492 e. The third-order valence-corrected chi connectivity index (χ3v) is 3.01. The van der Waals surface area contributed by atoms with Gasteiger partial charge in [-0.15, -0.1) is 0 Å². The normalized spacial score (nSPS) is 10.5. The standard InChI is InChI=1S/C13H21NOS/c1-10-7-12(9-14-3)8-11(2)13(10)15-5-6-16-4/h7-8,14H,5-6,9H2,1-4H3. The fourth-order valence-electron chi connectivity index (χ4n) is 1.80. The number of ether oxygens (including phenoxy) is 1. The van der Waals surface area contributed by atoms with Gasteiger partial charge in [-0.1, -0.05) is 12.1 Å². The number of hydrogen-bond acceptors (Lipinski definition) is 3. The van der Waals surface area contributed by atoms with Crippen molar-refractivity contribution in [2.45, 2.75) is 20.4 Å². The van der Waals surface area contributed by atoms with Crippen molar-refractivity contribution in [2.75, 3.05) is 25.7 Å². The van der Waals surface area contributed by atoms with Gasteiger partial charge in [0.05, 0.1) is 6.61 Å². The number of rotatable bonds is 6. The molecule has 0 heterocycles. The number of aryl methyl sites for hydroxylation is 2. The van der Waals surface area contributed by atoms with Crippen molar-refractivity contribution in [1.82, 2.24) is 5.32 Å². The molecular formula is C13H21NOS. The van der Waals surface area contributed by atoms with E-state index in [9.17, 15) is 0 Å². The molecule has 0 fully saturated rings. The van der Waals surface area contributed by atoms with Gasteiger partial charge >= 0.3 is 0 Å². The molecule has 1 rings (SSSR count). The second kappa shape index (κ2) is 6.81. The first-order valence-corrected chi connectivity index (χ1v) is 6.95. The summed E-state index contributed by atoms with van der Waals surface area (Å²) in [6.07, 6.45) is 2.10. The highest BCUT2D eigenvalue weighted by Gasteiger charge is 2.05. The van der Waals surface area contributed by atoms with Gasteiger partial charge in [-0.3, -0.25) is 0 Å². The smallest absolute Gasteiger partial charge is 0.125 e. The highest BCUT2D eigenvalue weighted by molar-refractivity contribution is 7.98. The van der Waals surface area contributed by atoms with E-state index in [4.69, 9.17) is 4.74 Å². The third-order valence-electron chi connectivity index (χ3n) is 2.43. The zero-order chi connectivity index (χ0) is 12.0. The van der Waals surface area contributed by atoms with E-state index < -0.39 is 0 Å². The minimum absolute atomic E-state index is 0.786. The van der Waals surface area contributed by atoms with Crippen LogP contribution < -0.4 is 10.1 Å². The molecule has 0 unspecified atom stereocenters.